The number of hydrogen-bond donors (Lipinski definition) is 0. The minimum absolute atomic E-state index is 0.306. The summed E-state index contributed by atoms with van der Waals surface area (Å²) in [5.41, 5.74) is 0. The third-order valence-electron chi connectivity index (χ3n) is 1.45. The fourth-order valence-corrected chi connectivity index (χ4v) is 0.899. The second kappa shape index (κ2) is 4.31. The van der Waals surface area contributed by atoms with E-state index in [1.165, 1.54) is 13.3 Å². The lowest BCUT2D eigenvalue weighted by Gasteiger charge is -2.06. The second-order valence-corrected chi connectivity index (χ2v) is 2.24. The first kappa shape index (κ1) is 9.33. The largest absolute Gasteiger partial charge is 0.494 e. The Morgan fingerprint density at radius 2 is 2.31 bits per heavy atom. The van der Waals surface area contributed by atoms with Gasteiger partial charge in [0.15, 0.2) is 11.9 Å². The van der Waals surface area contributed by atoms with Crippen LogP contribution in [-0.4, -0.2) is 18.7 Å². The van der Waals surface area contributed by atoms with Gasteiger partial charge in [-0.25, -0.2) is 0 Å². The number of pyridine rings is 1. The lowest BCUT2D eigenvalue weighted by atomic mass is 10.4. The molecule has 4 nitrogen and oxygen atoms in total. The van der Waals surface area contributed by atoms with Crippen molar-refractivity contribution in [2.45, 2.75) is 6.92 Å². The van der Waals surface area contributed by atoms with Gasteiger partial charge in [-0.05, 0) is 6.92 Å². The molecule has 0 aromatic carbocycles. The van der Waals surface area contributed by atoms with Crippen LogP contribution in [0.4, 0.5) is 5.82 Å². The van der Waals surface area contributed by atoms with Crippen LogP contribution < -0.4 is 9.47 Å². The van der Waals surface area contributed by atoms with Crippen molar-refractivity contribution in [1.29, 1.82) is 0 Å². The molecule has 1 aromatic rings. The van der Waals surface area contributed by atoms with Crippen LogP contribution in [0.15, 0.2) is 12.3 Å². The zero-order chi connectivity index (χ0) is 9.68. The van der Waals surface area contributed by atoms with Crippen molar-refractivity contribution in [3.05, 3.63) is 23.7 Å². The summed E-state index contributed by atoms with van der Waals surface area (Å²) in [6.45, 7) is 9.18. The molecule has 0 aliphatic rings. The maximum Gasteiger partial charge on any atom is 0.273 e. The van der Waals surface area contributed by atoms with Gasteiger partial charge in [-0.15, -0.1) is 4.98 Å². The van der Waals surface area contributed by atoms with Crippen LogP contribution in [0.25, 0.3) is 4.85 Å². The van der Waals surface area contributed by atoms with Gasteiger partial charge < -0.3 is 14.3 Å². The molecule has 0 N–H and O–H groups in total. The summed E-state index contributed by atoms with van der Waals surface area (Å²) in [6, 6.07) is 1.55. The predicted molar refractivity (Wildman–Crippen MR) is 48.2 cm³/mol. The zero-order valence-corrected chi connectivity index (χ0v) is 7.57. The first-order chi connectivity index (χ1) is 6.31. The first-order valence-corrected chi connectivity index (χ1v) is 3.86. The summed E-state index contributed by atoms with van der Waals surface area (Å²) in [7, 11) is 1.53. The molecule has 0 radical (unpaired) electrons. The van der Waals surface area contributed by atoms with Crippen molar-refractivity contribution in [3.63, 3.8) is 0 Å². The van der Waals surface area contributed by atoms with Crippen LogP contribution in [-0.2, 0) is 0 Å². The van der Waals surface area contributed by atoms with Crippen LogP contribution in [0.1, 0.15) is 6.92 Å². The average molecular weight is 178 g/mol. The quantitative estimate of drug-likeness (QED) is 0.664. The standard InChI is InChI=1S/C9H10N2O2/c1-4-13-8-6-11-9(10-2)5-7(8)12-3/h5-6H,4H2,1,3H3. The van der Waals surface area contributed by atoms with Crippen LogP contribution in [0.2, 0.25) is 0 Å². The van der Waals surface area contributed by atoms with Gasteiger partial charge in [0.05, 0.1) is 13.7 Å². The van der Waals surface area contributed by atoms with Gasteiger partial charge in [-0.1, -0.05) is 6.57 Å². The molecular weight excluding hydrogens is 168 g/mol. The monoisotopic (exact) mass is 178 g/mol. The third-order valence-corrected chi connectivity index (χ3v) is 1.45. The Bertz CT molecular complexity index is 331. The molecule has 0 fully saturated rings. The Morgan fingerprint density at radius 3 is 2.85 bits per heavy atom. The van der Waals surface area contributed by atoms with Crippen molar-refractivity contribution in [3.8, 4) is 11.5 Å². The number of methoxy groups -OCH3 is 1. The summed E-state index contributed by atoms with van der Waals surface area (Å²) >= 11 is 0. The highest BCUT2D eigenvalue weighted by molar-refractivity contribution is 5.48. The van der Waals surface area contributed by atoms with Crippen LogP contribution in [0.3, 0.4) is 0 Å². The Morgan fingerprint density at radius 1 is 1.54 bits per heavy atom. The van der Waals surface area contributed by atoms with E-state index in [9.17, 15) is 0 Å². The Kier molecular flexibility index (Phi) is 3.09. The average Bonchev–Trinajstić information content (AvgIpc) is 2.19. The SMILES string of the molecule is [C-]#[N+]c1cc(OC)c(OCC)cn1. The summed E-state index contributed by atoms with van der Waals surface area (Å²) < 4.78 is 10.3. The van der Waals surface area contributed by atoms with Crippen molar-refractivity contribution in [2.24, 2.45) is 0 Å². The molecule has 0 spiro atoms. The fourth-order valence-electron chi connectivity index (χ4n) is 0.899. The highest BCUT2D eigenvalue weighted by atomic mass is 16.5. The highest BCUT2D eigenvalue weighted by Gasteiger charge is 2.06. The van der Waals surface area contributed by atoms with E-state index in [2.05, 4.69) is 9.83 Å². The normalized spacial score (nSPS) is 9.00. The molecule has 0 aliphatic carbocycles. The molecule has 0 saturated heterocycles. The summed E-state index contributed by atoms with van der Waals surface area (Å²) in [5, 5.41) is 0. The summed E-state index contributed by atoms with van der Waals surface area (Å²) in [5.74, 6) is 1.42. The van der Waals surface area contributed by atoms with Crippen LogP contribution in [0.5, 0.6) is 11.5 Å². The molecule has 1 rings (SSSR count). The maximum atomic E-state index is 6.75. The highest BCUT2D eigenvalue weighted by Crippen LogP contribution is 2.28. The molecule has 68 valence electrons. The fraction of sp³-hybridized carbons (Fsp3) is 0.333. The molecule has 0 bridgehead atoms. The minimum atomic E-state index is 0.306. The predicted octanol–water partition coefficient (Wildman–Crippen LogP) is 2.04. The van der Waals surface area contributed by atoms with Gasteiger partial charge in [0.2, 0.25) is 5.75 Å². The van der Waals surface area contributed by atoms with Crippen molar-refractivity contribution >= 4 is 5.82 Å². The number of ether oxygens (including phenoxy) is 2. The molecule has 13 heavy (non-hydrogen) atoms. The van der Waals surface area contributed by atoms with E-state index in [1.807, 2.05) is 6.92 Å². The molecular formula is C9H10N2O2. The van der Waals surface area contributed by atoms with E-state index >= 15 is 0 Å². The van der Waals surface area contributed by atoms with Gasteiger partial charge in [0.25, 0.3) is 5.82 Å². The molecule has 0 unspecified atom stereocenters. The van der Waals surface area contributed by atoms with E-state index in [1.54, 1.807) is 6.07 Å². The molecule has 4 heteroatoms. The lowest BCUT2D eigenvalue weighted by Crippen LogP contribution is -1.95. The van der Waals surface area contributed by atoms with E-state index in [4.69, 9.17) is 16.0 Å². The van der Waals surface area contributed by atoms with Crippen molar-refractivity contribution < 1.29 is 9.47 Å². The minimum Gasteiger partial charge on any atom is -0.494 e. The molecule has 0 amide bonds. The number of nitrogens with zero attached hydrogens (tertiary/aromatic N) is 2. The Hall–Kier alpha value is -1.76. The van der Waals surface area contributed by atoms with Gasteiger partial charge in [0, 0.05) is 6.07 Å². The van der Waals surface area contributed by atoms with Crippen LogP contribution in [0, 0.1) is 6.57 Å². The smallest absolute Gasteiger partial charge is 0.273 e. The molecule has 1 heterocycles. The number of aromatic nitrogens is 1. The summed E-state index contributed by atoms with van der Waals surface area (Å²) in [6.07, 6.45) is 1.50. The third kappa shape index (κ3) is 2.09. The lowest BCUT2D eigenvalue weighted by molar-refractivity contribution is 0.309. The number of hydrogen-bond acceptors (Lipinski definition) is 3. The molecule has 0 saturated carbocycles. The zero-order valence-electron chi connectivity index (χ0n) is 7.57. The van der Waals surface area contributed by atoms with E-state index < -0.39 is 0 Å². The topological polar surface area (TPSA) is 35.7 Å². The summed E-state index contributed by atoms with van der Waals surface area (Å²) in [4.78, 5) is 7.05. The maximum absolute atomic E-state index is 6.75. The number of rotatable bonds is 3. The Balaban J connectivity index is 3.02. The first-order valence-electron chi connectivity index (χ1n) is 3.86. The van der Waals surface area contributed by atoms with E-state index in [0.717, 1.165) is 0 Å². The van der Waals surface area contributed by atoms with E-state index in [-0.39, 0.29) is 0 Å². The van der Waals surface area contributed by atoms with Crippen molar-refractivity contribution in [2.75, 3.05) is 13.7 Å². The van der Waals surface area contributed by atoms with Gasteiger partial charge in [0.1, 0.15) is 0 Å². The van der Waals surface area contributed by atoms with E-state index in [0.29, 0.717) is 23.9 Å². The molecule has 0 atom stereocenters. The molecule has 1 aromatic heterocycles. The van der Waals surface area contributed by atoms with Crippen molar-refractivity contribution in [1.82, 2.24) is 4.98 Å². The van der Waals surface area contributed by atoms with Crippen LogP contribution >= 0.6 is 0 Å². The molecule has 0 aliphatic heterocycles. The van der Waals surface area contributed by atoms with Gasteiger partial charge in [-0.3, -0.25) is 0 Å². The second-order valence-electron chi connectivity index (χ2n) is 2.24. The van der Waals surface area contributed by atoms with Gasteiger partial charge in [-0.2, -0.15) is 0 Å². The Labute approximate surface area is 76.9 Å². The van der Waals surface area contributed by atoms with Gasteiger partial charge >= 0.3 is 0 Å².